The summed E-state index contributed by atoms with van der Waals surface area (Å²) in [5.41, 5.74) is 4.42. The quantitative estimate of drug-likeness (QED) is 0.229. The Morgan fingerprint density at radius 1 is 1.32 bits per heavy atom. The standard InChI is InChI=1S/C29H46N2/c1-10-24(20(4)15-16-21(5)28(8,12-3)17-18-30)14-13-19-31-23(7)26-27-25(11-2)22(6)29(26,27)9/h10-11,20,22,25-27,31H,2,5,7,12-17,19H2,1,3-4,6,8-9H3/b24-10+. The highest BCUT2D eigenvalue weighted by Crippen LogP contribution is 2.79. The van der Waals surface area contributed by atoms with Gasteiger partial charge in [0.05, 0.1) is 6.07 Å². The molecule has 0 saturated heterocycles. The summed E-state index contributed by atoms with van der Waals surface area (Å²) >= 11 is 0. The molecule has 2 heteroatoms. The lowest BCUT2D eigenvalue weighted by Crippen LogP contribution is -2.33. The number of nitrogens with zero attached hydrogens (tertiary/aromatic N) is 1. The lowest BCUT2D eigenvalue weighted by atomic mass is 9.66. The highest BCUT2D eigenvalue weighted by molar-refractivity contribution is 5.33. The van der Waals surface area contributed by atoms with E-state index in [4.69, 9.17) is 5.26 Å². The summed E-state index contributed by atoms with van der Waals surface area (Å²) in [6.45, 7) is 27.4. The summed E-state index contributed by atoms with van der Waals surface area (Å²) in [4.78, 5) is 0. The molecule has 2 fully saturated rings. The lowest BCUT2D eigenvalue weighted by Gasteiger charge is -2.38. The number of hydrogen-bond acceptors (Lipinski definition) is 2. The van der Waals surface area contributed by atoms with Crippen LogP contribution in [-0.2, 0) is 0 Å². The van der Waals surface area contributed by atoms with Crippen molar-refractivity contribution in [1.29, 1.82) is 5.26 Å². The predicted molar refractivity (Wildman–Crippen MR) is 134 cm³/mol. The minimum atomic E-state index is -0.0458. The van der Waals surface area contributed by atoms with Crippen LogP contribution in [0.3, 0.4) is 0 Å². The molecule has 172 valence electrons. The van der Waals surface area contributed by atoms with Gasteiger partial charge < -0.3 is 5.32 Å². The highest BCUT2D eigenvalue weighted by Gasteiger charge is 2.76. The molecule has 2 nitrogen and oxygen atoms in total. The van der Waals surface area contributed by atoms with Gasteiger partial charge in [0.1, 0.15) is 0 Å². The summed E-state index contributed by atoms with van der Waals surface area (Å²) in [7, 11) is 0. The first-order valence-electron chi connectivity index (χ1n) is 12.4. The third-order valence-electron chi connectivity index (χ3n) is 9.24. The molecule has 31 heavy (non-hydrogen) atoms. The van der Waals surface area contributed by atoms with Gasteiger partial charge in [-0.2, -0.15) is 5.26 Å². The van der Waals surface area contributed by atoms with Gasteiger partial charge in [-0.3, -0.25) is 0 Å². The van der Waals surface area contributed by atoms with Gasteiger partial charge in [-0.15, -0.1) is 6.58 Å². The third-order valence-corrected chi connectivity index (χ3v) is 9.24. The SMILES string of the molecule is C=CC1C(C)C2(C)C(C(=C)NCCC/C(=C\C)C(C)CCC(=C)C(C)(CC)CC#N)C12. The molecule has 2 aliphatic rings. The molecule has 7 atom stereocenters. The number of allylic oxidation sites excluding steroid dienone is 5. The Morgan fingerprint density at radius 2 is 2.00 bits per heavy atom. The fourth-order valence-corrected chi connectivity index (χ4v) is 6.22. The predicted octanol–water partition coefficient (Wildman–Crippen LogP) is 7.82. The Balaban J connectivity index is 1.73. The van der Waals surface area contributed by atoms with Crippen LogP contribution in [0.4, 0.5) is 0 Å². The molecular weight excluding hydrogens is 376 g/mol. The minimum Gasteiger partial charge on any atom is -0.389 e. The van der Waals surface area contributed by atoms with Crippen molar-refractivity contribution in [3.8, 4) is 6.07 Å². The van der Waals surface area contributed by atoms with Gasteiger partial charge in [0.25, 0.3) is 0 Å². The molecular formula is C29H46N2. The molecule has 2 rings (SSSR count). The smallest absolute Gasteiger partial charge is 0.0630 e. The van der Waals surface area contributed by atoms with Crippen molar-refractivity contribution in [2.24, 2.45) is 40.4 Å². The summed E-state index contributed by atoms with van der Waals surface area (Å²) in [5.74, 6) is 3.33. The maximum Gasteiger partial charge on any atom is 0.0630 e. The molecule has 0 heterocycles. The molecule has 0 aromatic heterocycles. The zero-order valence-electron chi connectivity index (χ0n) is 21.1. The van der Waals surface area contributed by atoms with Crippen LogP contribution in [0.25, 0.3) is 0 Å². The Bertz CT molecular complexity index is 753. The third kappa shape index (κ3) is 4.87. The molecule has 0 bridgehead atoms. The van der Waals surface area contributed by atoms with Gasteiger partial charge in [0.15, 0.2) is 0 Å². The second-order valence-electron chi connectivity index (χ2n) is 10.7. The topological polar surface area (TPSA) is 35.8 Å². The fourth-order valence-electron chi connectivity index (χ4n) is 6.22. The number of rotatable bonds is 14. The number of nitrogens with one attached hydrogen (secondary N) is 1. The van der Waals surface area contributed by atoms with E-state index < -0.39 is 0 Å². The number of nitriles is 1. The second-order valence-corrected chi connectivity index (χ2v) is 10.7. The van der Waals surface area contributed by atoms with Gasteiger partial charge in [0.2, 0.25) is 0 Å². The highest BCUT2D eigenvalue weighted by atomic mass is 14.9. The molecule has 0 amide bonds. The van der Waals surface area contributed by atoms with Gasteiger partial charge >= 0.3 is 0 Å². The van der Waals surface area contributed by atoms with Gasteiger partial charge in [-0.05, 0) is 68.1 Å². The average molecular weight is 423 g/mol. The van der Waals surface area contributed by atoms with Crippen LogP contribution >= 0.6 is 0 Å². The Labute approximate surface area is 192 Å². The number of fused-ring (bicyclic) bond motifs is 1. The molecule has 1 N–H and O–H groups in total. The van der Waals surface area contributed by atoms with Gasteiger partial charge in [0, 0.05) is 30.0 Å². The van der Waals surface area contributed by atoms with Crippen molar-refractivity contribution in [2.45, 2.75) is 80.1 Å². The van der Waals surface area contributed by atoms with Crippen LogP contribution in [0.15, 0.2) is 48.7 Å². The van der Waals surface area contributed by atoms with Crippen LogP contribution < -0.4 is 5.32 Å². The van der Waals surface area contributed by atoms with E-state index in [-0.39, 0.29) is 5.41 Å². The van der Waals surface area contributed by atoms with Crippen molar-refractivity contribution < 1.29 is 0 Å². The molecule has 0 aromatic carbocycles. The van der Waals surface area contributed by atoms with E-state index in [0.29, 0.717) is 29.6 Å². The minimum absolute atomic E-state index is 0.0458. The van der Waals surface area contributed by atoms with Gasteiger partial charge in [-0.25, -0.2) is 0 Å². The molecule has 0 spiro atoms. The largest absolute Gasteiger partial charge is 0.389 e. The lowest BCUT2D eigenvalue weighted by molar-refractivity contribution is 0.129. The maximum atomic E-state index is 9.15. The van der Waals surface area contributed by atoms with Crippen LogP contribution in [0.2, 0.25) is 0 Å². The van der Waals surface area contributed by atoms with E-state index in [1.54, 1.807) is 0 Å². The maximum absolute atomic E-state index is 9.15. The second kappa shape index (κ2) is 10.2. The zero-order valence-corrected chi connectivity index (χ0v) is 21.1. The summed E-state index contributed by atoms with van der Waals surface area (Å²) in [5, 5.41) is 12.8. The molecule has 2 saturated carbocycles. The van der Waals surface area contributed by atoms with E-state index >= 15 is 0 Å². The van der Waals surface area contributed by atoms with E-state index in [9.17, 15) is 0 Å². The summed E-state index contributed by atoms with van der Waals surface area (Å²) in [6, 6.07) is 2.35. The molecule has 7 unspecified atom stereocenters. The van der Waals surface area contributed by atoms with Crippen molar-refractivity contribution in [3.05, 3.63) is 48.7 Å². The number of hydrogen-bond donors (Lipinski definition) is 1. The molecule has 2 aliphatic carbocycles. The first-order valence-corrected chi connectivity index (χ1v) is 12.4. The molecule has 0 aliphatic heterocycles. The van der Waals surface area contributed by atoms with E-state index in [0.717, 1.165) is 50.5 Å². The van der Waals surface area contributed by atoms with Gasteiger partial charge in [-0.1, -0.05) is 71.1 Å². The Morgan fingerprint density at radius 3 is 2.52 bits per heavy atom. The first kappa shape index (κ1) is 25.5. The van der Waals surface area contributed by atoms with Crippen LogP contribution in [0, 0.1) is 51.8 Å². The molecule has 0 aromatic rings. The zero-order chi connectivity index (χ0) is 23.4. The summed E-state index contributed by atoms with van der Waals surface area (Å²) in [6.07, 6.45) is 10.4. The Hall–Kier alpha value is -1.75. The van der Waals surface area contributed by atoms with Crippen LogP contribution in [0.1, 0.15) is 80.1 Å². The fraction of sp³-hybridized carbons (Fsp3) is 0.690. The van der Waals surface area contributed by atoms with Crippen LogP contribution in [0.5, 0.6) is 0 Å². The Kier molecular flexibility index (Phi) is 8.43. The summed E-state index contributed by atoms with van der Waals surface area (Å²) < 4.78 is 0. The van der Waals surface area contributed by atoms with Crippen molar-refractivity contribution in [1.82, 2.24) is 5.32 Å². The van der Waals surface area contributed by atoms with Crippen molar-refractivity contribution in [3.63, 3.8) is 0 Å². The van der Waals surface area contributed by atoms with Crippen molar-refractivity contribution >= 4 is 0 Å². The van der Waals surface area contributed by atoms with E-state index in [1.165, 1.54) is 16.8 Å². The average Bonchev–Trinajstić information content (AvgIpc) is 3.32. The van der Waals surface area contributed by atoms with Crippen LogP contribution in [-0.4, -0.2) is 6.54 Å². The first-order chi connectivity index (χ1) is 14.6. The van der Waals surface area contributed by atoms with Crippen molar-refractivity contribution in [2.75, 3.05) is 6.54 Å². The van der Waals surface area contributed by atoms with E-state index in [2.05, 4.69) is 84.8 Å². The monoisotopic (exact) mass is 422 g/mol. The molecule has 0 radical (unpaired) electrons. The normalized spacial score (nSPS) is 32.0. The van der Waals surface area contributed by atoms with E-state index in [1.807, 2.05) is 0 Å².